The lowest BCUT2D eigenvalue weighted by Gasteiger charge is -2.30. The van der Waals surface area contributed by atoms with Crippen molar-refractivity contribution < 1.29 is 0 Å². The zero-order chi connectivity index (χ0) is 12.1. The van der Waals surface area contributed by atoms with Gasteiger partial charge in [-0.3, -0.25) is 0 Å². The molecule has 1 aromatic carbocycles. The number of nitrogens with two attached hydrogens (primary N) is 1. The van der Waals surface area contributed by atoms with Crippen LogP contribution in [0, 0.1) is 5.92 Å². The van der Waals surface area contributed by atoms with Gasteiger partial charge >= 0.3 is 0 Å². The number of nitrogen functional groups attached to an aromatic ring is 1. The Labute approximate surface area is 105 Å². The fourth-order valence-corrected chi connectivity index (χ4v) is 2.74. The molecule has 17 heavy (non-hydrogen) atoms. The Kier molecular flexibility index (Phi) is 4.43. The molecule has 0 aliphatic carbocycles. The SMILES string of the molecule is CC1CCCN(CCCc2ccccc2N)C1. The molecule has 0 spiro atoms. The van der Waals surface area contributed by atoms with E-state index in [9.17, 15) is 0 Å². The third-order valence-corrected chi connectivity index (χ3v) is 3.72. The average molecular weight is 232 g/mol. The summed E-state index contributed by atoms with van der Waals surface area (Å²) in [5.74, 6) is 0.880. The van der Waals surface area contributed by atoms with Gasteiger partial charge in [-0.05, 0) is 56.3 Å². The summed E-state index contributed by atoms with van der Waals surface area (Å²) in [7, 11) is 0. The minimum absolute atomic E-state index is 0.880. The first-order valence-electron chi connectivity index (χ1n) is 6.81. The van der Waals surface area contributed by atoms with Gasteiger partial charge in [0.2, 0.25) is 0 Å². The molecule has 1 unspecified atom stereocenters. The maximum atomic E-state index is 5.95. The highest BCUT2D eigenvalue weighted by atomic mass is 15.1. The Morgan fingerprint density at radius 3 is 2.94 bits per heavy atom. The van der Waals surface area contributed by atoms with Crippen molar-refractivity contribution in [1.29, 1.82) is 0 Å². The maximum Gasteiger partial charge on any atom is 0.0346 e. The van der Waals surface area contributed by atoms with Crippen LogP contribution in [0.2, 0.25) is 0 Å². The van der Waals surface area contributed by atoms with Crippen LogP contribution < -0.4 is 5.73 Å². The van der Waals surface area contributed by atoms with Crippen LogP contribution in [-0.2, 0) is 6.42 Å². The van der Waals surface area contributed by atoms with E-state index in [1.54, 1.807) is 0 Å². The quantitative estimate of drug-likeness (QED) is 0.809. The van der Waals surface area contributed by atoms with E-state index in [2.05, 4.69) is 24.0 Å². The summed E-state index contributed by atoms with van der Waals surface area (Å²) in [6, 6.07) is 8.23. The van der Waals surface area contributed by atoms with Gasteiger partial charge in [0.25, 0.3) is 0 Å². The fourth-order valence-electron chi connectivity index (χ4n) is 2.74. The summed E-state index contributed by atoms with van der Waals surface area (Å²) in [5.41, 5.74) is 8.20. The molecule has 94 valence electrons. The molecule has 2 nitrogen and oxygen atoms in total. The smallest absolute Gasteiger partial charge is 0.0346 e. The number of para-hydroxylation sites is 1. The van der Waals surface area contributed by atoms with E-state index in [0.29, 0.717) is 0 Å². The van der Waals surface area contributed by atoms with E-state index in [4.69, 9.17) is 5.73 Å². The lowest BCUT2D eigenvalue weighted by atomic mass is 10.00. The second kappa shape index (κ2) is 6.06. The molecule has 1 aliphatic heterocycles. The van der Waals surface area contributed by atoms with Crippen LogP contribution in [0.15, 0.2) is 24.3 Å². The number of hydrogen-bond donors (Lipinski definition) is 1. The number of piperidine rings is 1. The number of likely N-dealkylation sites (tertiary alicyclic amines) is 1. The first-order valence-corrected chi connectivity index (χ1v) is 6.81. The molecular formula is C15H24N2. The molecule has 1 heterocycles. The Bertz CT molecular complexity index is 349. The molecule has 0 amide bonds. The molecule has 0 saturated carbocycles. The number of benzene rings is 1. The molecule has 0 aromatic heterocycles. The second-order valence-electron chi connectivity index (χ2n) is 5.35. The summed E-state index contributed by atoms with van der Waals surface area (Å²) >= 11 is 0. The van der Waals surface area contributed by atoms with Gasteiger partial charge in [-0.2, -0.15) is 0 Å². The van der Waals surface area contributed by atoms with E-state index in [-0.39, 0.29) is 0 Å². The highest BCUT2D eigenvalue weighted by Gasteiger charge is 2.15. The van der Waals surface area contributed by atoms with Gasteiger partial charge in [0.15, 0.2) is 0 Å². The van der Waals surface area contributed by atoms with Crippen molar-refractivity contribution in [3.63, 3.8) is 0 Å². The third kappa shape index (κ3) is 3.74. The Hall–Kier alpha value is -1.02. The van der Waals surface area contributed by atoms with Gasteiger partial charge < -0.3 is 10.6 Å². The van der Waals surface area contributed by atoms with Crippen LogP contribution in [0.25, 0.3) is 0 Å². The largest absolute Gasteiger partial charge is 0.399 e. The highest BCUT2D eigenvalue weighted by Crippen LogP contribution is 2.17. The summed E-state index contributed by atoms with van der Waals surface area (Å²) in [5, 5.41) is 0. The second-order valence-corrected chi connectivity index (χ2v) is 5.35. The molecule has 0 radical (unpaired) electrons. The minimum Gasteiger partial charge on any atom is -0.399 e. The lowest BCUT2D eigenvalue weighted by Crippen LogP contribution is -2.35. The first-order chi connectivity index (χ1) is 8.25. The topological polar surface area (TPSA) is 29.3 Å². The molecule has 1 atom stereocenters. The van der Waals surface area contributed by atoms with Gasteiger partial charge in [0.1, 0.15) is 0 Å². The fraction of sp³-hybridized carbons (Fsp3) is 0.600. The molecule has 2 N–H and O–H groups in total. The van der Waals surface area contributed by atoms with Gasteiger partial charge in [-0.1, -0.05) is 25.1 Å². The Balaban J connectivity index is 1.74. The first kappa shape index (κ1) is 12.4. The van der Waals surface area contributed by atoms with Crippen LogP contribution in [0.1, 0.15) is 31.7 Å². The lowest BCUT2D eigenvalue weighted by molar-refractivity contribution is 0.182. The van der Waals surface area contributed by atoms with E-state index in [1.807, 2.05) is 12.1 Å². The third-order valence-electron chi connectivity index (χ3n) is 3.72. The molecule has 1 aromatic rings. The maximum absolute atomic E-state index is 5.95. The number of rotatable bonds is 4. The van der Waals surface area contributed by atoms with Crippen LogP contribution in [0.5, 0.6) is 0 Å². The zero-order valence-corrected chi connectivity index (χ0v) is 10.9. The molecule has 0 bridgehead atoms. The number of hydrogen-bond acceptors (Lipinski definition) is 2. The zero-order valence-electron chi connectivity index (χ0n) is 10.9. The predicted molar refractivity (Wildman–Crippen MR) is 74.0 cm³/mol. The van der Waals surface area contributed by atoms with Gasteiger partial charge in [0.05, 0.1) is 0 Å². The summed E-state index contributed by atoms with van der Waals surface area (Å²) in [4.78, 5) is 2.60. The normalized spacial score (nSPS) is 21.6. The van der Waals surface area contributed by atoms with E-state index in [0.717, 1.165) is 18.0 Å². The highest BCUT2D eigenvalue weighted by molar-refractivity contribution is 5.46. The molecule has 2 heteroatoms. The average Bonchev–Trinajstić information content (AvgIpc) is 2.32. The van der Waals surface area contributed by atoms with Gasteiger partial charge in [-0.15, -0.1) is 0 Å². The van der Waals surface area contributed by atoms with Crippen molar-refractivity contribution in [2.45, 2.75) is 32.6 Å². The minimum atomic E-state index is 0.880. The Morgan fingerprint density at radius 2 is 2.18 bits per heavy atom. The van der Waals surface area contributed by atoms with Crippen LogP contribution in [0.3, 0.4) is 0 Å². The van der Waals surface area contributed by atoms with Crippen LogP contribution >= 0.6 is 0 Å². The number of nitrogens with zero attached hydrogens (tertiary/aromatic N) is 1. The summed E-state index contributed by atoms with van der Waals surface area (Å²) < 4.78 is 0. The van der Waals surface area contributed by atoms with Gasteiger partial charge in [-0.25, -0.2) is 0 Å². The monoisotopic (exact) mass is 232 g/mol. The predicted octanol–water partition coefficient (Wildman–Crippen LogP) is 2.93. The van der Waals surface area contributed by atoms with Crippen molar-refractivity contribution >= 4 is 5.69 Å². The van der Waals surface area contributed by atoms with Crippen LogP contribution in [0.4, 0.5) is 5.69 Å². The molecule has 1 fully saturated rings. The Morgan fingerprint density at radius 1 is 1.35 bits per heavy atom. The van der Waals surface area contributed by atoms with Gasteiger partial charge in [0, 0.05) is 12.2 Å². The van der Waals surface area contributed by atoms with Crippen molar-refractivity contribution in [2.75, 3.05) is 25.4 Å². The van der Waals surface area contributed by atoms with Crippen molar-refractivity contribution in [1.82, 2.24) is 4.90 Å². The van der Waals surface area contributed by atoms with E-state index >= 15 is 0 Å². The molecule has 2 rings (SSSR count). The van der Waals surface area contributed by atoms with E-state index in [1.165, 1.54) is 44.5 Å². The standard InChI is InChI=1S/C15H24N2/c1-13-6-4-10-17(12-13)11-5-8-14-7-2-3-9-15(14)16/h2-3,7,9,13H,4-6,8,10-12,16H2,1H3. The van der Waals surface area contributed by atoms with Crippen molar-refractivity contribution in [2.24, 2.45) is 5.92 Å². The molecule has 1 aliphatic rings. The number of anilines is 1. The van der Waals surface area contributed by atoms with Crippen molar-refractivity contribution in [3.05, 3.63) is 29.8 Å². The molecular weight excluding hydrogens is 208 g/mol. The summed E-state index contributed by atoms with van der Waals surface area (Å²) in [6.07, 6.45) is 5.11. The summed E-state index contributed by atoms with van der Waals surface area (Å²) in [6.45, 7) is 6.15. The van der Waals surface area contributed by atoms with Crippen molar-refractivity contribution in [3.8, 4) is 0 Å². The number of aryl methyl sites for hydroxylation is 1. The van der Waals surface area contributed by atoms with Crippen LogP contribution in [-0.4, -0.2) is 24.5 Å². The molecule has 1 saturated heterocycles. The van der Waals surface area contributed by atoms with E-state index < -0.39 is 0 Å².